The van der Waals surface area contributed by atoms with E-state index in [0.29, 0.717) is 18.3 Å². The fourth-order valence-corrected chi connectivity index (χ4v) is 3.02. The van der Waals surface area contributed by atoms with E-state index in [-0.39, 0.29) is 12.3 Å². The maximum absolute atomic E-state index is 13.8. The number of aryl methyl sites for hydroxylation is 1. The van der Waals surface area contributed by atoms with Crippen molar-refractivity contribution >= 4 is 11.8 Å². The third kappa shape index (κ3) is 3.21. The van der Waals surface area contributed by atoms with Crippen LogP contribution in [0.2, 0.25) is 0 Å². The van der Waals surface area contributed by atoms with Gasteiger partial charge in [-0.25, -0.2) is 18.7 Å². The predicted octanol–water partition coefficient (Wildman–Crippen LogP) is 1.19. The van der Waals surface area contributed by atoms with Gasteiger partial charge in [0.15, 0.2) is 11.5 Å². The van der Waals surface area contributed by atoms with Crippen LogP contribution >= 0.6 is 0 Å². The van der Waals surface area contributed by atoms with Crippen LogP contribution in [0.1, 0.15) is 35.2 Å². The Kier molecular flexibility index (Phi) is 4.47. The number of nitrogens with one attached hydrogen (secondary N) is 1. The maximum Gasteiger partial charge on any atom is 0.273 e. The molecule has 1 N–H and O–H groups in total. The Hall–Kier alpha value is -2.84. The van der Waals surface area contributed by atoms with Gasteiger partial charge in [0.1, 0.15) is 17.7 Å². The first-order valence-electron chi connectivity index (χ1n) is 7.73. The summed E-state index contributed by atoms with van der Waals surface area (Å²) >= 11 is 0. The number of likely N-dealkylation sites (tertiary alicyclic amines) is 1. The molecule has 1 aliphatic heterocycles. The summed E-state index contributed by atoms with van der Waals surface area (Å²) < 4.78 is 28.5. The maximum atomic E-state index is 13.8. The Morgan fingerprint density at radius 3 is 2.72 bits per heavy atom. The SMILES string of the molecule is CN1C(=O)CC[C@@H](NC(=O)c2ncc(F)cc2F)[C@@H]1c1nccn1C. The van der Waals surface area contributed by atoms with Crippen molar-refractivity contribution in [3.8, 4) is 0 Å². The number of rotatable bonds is 3. The van der Waals surface area contributed by atoms with E-state index in [4.69, 9.17) is 0 Å². The van der Waals surface area contributed by atoms with Gasteiger partial charge in [-0.2, -0.15) is 0 Å². The molecule has 7 nitrogen and oxygen atoms in total. The third-order valence-corrected chi connectivity index (χ3v) is 4.32. The quantitative estimate of drug-likeness (QED) is 0.903. The molecule has 3 heterocycles. The molecule has 2 aromatic rings. The zero-order valence-electron chi connectivity index (χ0n) is 13.7. The second-order valence-corrected chi connectivity index (χ2v) is 5.95. The molecule has 0 radical (unpaired) electrons. The fraction of sp³-hybridized carbons (Fsp3) is 0.375. The van der Waals surface area contributed by atoms with E-state index in [2.05, 4.69) is 15.3 Å². The number of imidazole rings is 1. The van der Waals surface area contributed by atoms with E-state index < -0.39 is 35.3 Å². The summed E-state index contributed by atoms with van der Waals surface area (Å²) in [5, 5.41) is 2.70. The number of halogens is 2. The van der Waals surface area contributed by atoms with Gasteiger partial charge < -0.3 is 14.8 Å². The zero-order chi connectivity index (χ0) is 18.1. The van der Waals surface area contributed by atoms with E-state index in [1.54, 1.807) is 31.1 Å². The number of hydrogen-bond acceptors (Lipinski definition) is 4. The van der Waals surface area contributed by atoms with Crippen LogP contribution in [0.15, 0.2) is 24.7 Å². The summed E-state index contributed by atoms with van der Waals surface area (Å²) in [6.07, 6.45) is 4.76. The van der Waals surface area contributed by atoms with Gasteiger partial charge in [0.05, 0.1) is 12.2 Å². The number of nitrogens with zero attached hydrogens (tertiary/aromatic N) is 4. The number of carbonyl (C=O) groups excluding carboxylic acids is 2. The highest BCUT2D eigenvalue weighted by Crippen LogP contribution is 2.29. The molecule has 9 heteroatoms. The predicted molar refractivity (Wildman–Crippen MR) is 83.4 cm³/mol. The van der Waals surface area contributed by atoms with Crippen LogP contribution in [0.5, 0.6) is 0 Å². The second kappa shape index (κ2) is 6.58. The summed E-state index contributed by atoms with van der Waals surface area (Å²) in [7, 11) is 3.42. The number of amides is 2. The van der Waals surface area contributed by atoms with Crippen LogP contribution in [0.4, 0.5) is 8.78 Å². The molecular formula is C16H17F2N5O2. The molecule has 132 valence electrons. The van der Waals surface area contributed by atoms with Crippen LogP contribution in [-0.4, -0.2) is 44.3 Å². The van der Waals surface area contributed by atoms with Crippen molar-refractivity contribution in [2.45, 2.75) is 24.9 Å². The standard InChI is InChI=1S/C16H17F2N5O2/c1-22-6-5-19-15(22)14-11(3-4-12(24)23(14)2)21-16(25)13-10(18)7-9(17)8-20-13/h5-8,11,14H,3-4H2,1-2H3,(H,21,25)/t11-,14-/m1/s1. The minimum Gasteiger partial charge on any atom is -0.345 e. The van der Waals surface area contributed by atoms with Gasteiger partial charge >= 0.3 is 0 Å². The Morgan fingerprint density at radius 2 is 2.08 bits per heavy atom. The fourth-order valence-electron chi connectivity index (χ4n) is 3.02. The Morgan fingerprint density at radius 1 is 1.32 bits per heavy atom. The van der Waals surface area contributed by atoms with Gasteiger partial charge in [0.25, 0.3) is 5.91 Å². The summed E-state index contributed by atoms with van der Waals surface area (Å²) in [6.45, 7) is 0. The number of piperidine rings is 1. The molecule has 2 atom stereocenters. The Balaban J connectivity index is 1.87. The largest absolute Gasteiger partial charge is 0.345 e. The van der Waals surface area contributed by atoms with Crippen molar-refractivity contribution in [2.24, 2.45) is 7.05 Å². The Bertz CT molecular complexity index is 823. The molecule has 1 fully saturated rings. The molecule has 0 aliphatic carbocycles. The summed E-state index contributed by atoms with van der Waals surface area (Å²) in [5.74, 6) is -2.11. The molecule has 0 saturated carbocycles. The van der Waals surface area contributed by atoms with Crippen molar-refractivity contribution in [2.75, 3.05) is 7.05 Å². The van der Waals surface area contributed by atoms with E-state index in [1.807, 2.05) is 0 Å². The van der Waals surface area contributed by atoms with Gasteiger partial charge in [0.2, 0.25) is 5.91 Å². The van der Waals surface area contributed by atoms with E-state index >= 15 is 0 Å². The molecule has 1 saturated heterocycles. The molecule has 2 amide bonds. The topological polar surface area (TPSA) is 80.1 Å². The van der Waals surface area contributed by atoms with Crippen LogP contribution in [0.25, 0.3) is 0 Å². The highest BCUT2D eigenvalue weighted by Gasteiger charge is 2.38. The normalized spacial score (nSPS) is 20.6. The van der Waals surface area contributed by atoms with Crippen molar-refractivity contribution in [3.63, 3.8) is 0 Å². The first-order valence-corrected chi connectivity index (χ1v) is 7.73. The van der Waals surface area contributed by atoms with E-state index in [9.17, 15) is 18.4 Å². The van der Waals surface area contributed by atoms with Crippen molar-refractivity contribution in [1.29, 1.82) is 0 Å². The molecular weight excluding hydrogens is 332 g/mol. The second-order valence-electron chi connectivity index (χ2n) is 5.95. The monoisotopic (exact) mass is 349 g/mol. The lowest BCUT2D eigenvalue weighted by atomic mass is 9.95. The van der Waals surface area contributed by atoms with Gasteiger partial charge in [-0.15, -0.1) is 0 Å². The highest BCUT2D eigenvalue weighted by atomic mass is 19.1. The number of pyridine rings is 1. The van der Waals surface area contributed by atoms with Crippen molar-refractivity contribution in [3.05, 3.63) is 47.8 Å². The molecule has 0 aromatic carbocycles. The van der Waals surface area contributed by atoms with Crippen LogP contribution in [0.3, 0.4) is 0 Å². The van der Waals surface area contributed by atoms with Gasteiger partial charge in [-0.1, -0.05) is 0 Å². The summed E-state index contributed by atoms with van der Waals surface area (Å²) in [5.41, 5.74) is -0.487. The summed E-state index contributed by atoms with van der Waals surface area (Å²) in [6, 6.07) is -0.356. The molecule has 0 unspecified atom stereocenters. The smallest absolute Gasteiger partial charge is 0.273 e. The summed E-state index contributed by atoms with van der Waals surface area (Å²) in [4.78, 5) is 33.7. The third-order valence-electron chi connectivity index (χ3n) is 4.32. The molecule has 1 aliphatic rings. The number of aromatic nitrogens is 3. The zero-order valence-corrected chi connectivity index (χ0v) is 13.7. The van der Waals surface area contributed by atoms with Crippen molar-refractivity contribution < 1.29 is 18.4 Å². The van der Waals surface area contributed by atoms with Crippen LogP contribution < -0.4 is 5.32 Å². The number of hydrogen-bond donors (Lipinski definition) is 1. The first-order chi connectivity index (χ1) is 11.9. The minimum absolute atomic E-state index is 0.0652. The van der Waals surface area contributed by atoms with Gasteiger partial charge in [-0.3, -0.25) is 9.59 Å². The van der Waals surface area contributed by atoms with Gasteiger partial charge in [-0.05, 0) is 6.42 Å². The number of carbonyl (C=O) groups is 2. The van der Waals surface area contributed by atoms with E-state index in [1.165, 1.54) is 4.90 Å². The minimum atomic E-state index is -1.04. The molecule has 2 aromatic heterocycles. The van der Waals surface area contributed by atoms with Gasteiger partial charge in [0, 0.05) is 39.0 Å². The lowest BCUT2D eigenvalue weighted by Gasteiger charge is -2.38. The first kappa shape index (κ1) is 17.0. The van der Waals surface area contributed by atoms with Crippen LogP contribution in [-0.2, 0) is 11.8 Å². The average Bonchev–Trinajstić information content (AvgIpc) is 2.97. The van der Waals surface area contributed by atoms with E-state index in [0.717, 1.165) is 6.20 Å². The average molecular weight is 349 g/mol. The number of likely N-dealkylation sites (N-methyl/N-ethyl adjacent to an activating group) is 1. The Labute approximate surface area is 142 Å². The molecule has 0 spiro atoms. The molecule has 25 heavy (non-hydrogen) atoms. The lowest BCUT2D eigenvalue weighted by Crippen LogP contribution is -2.51. The van der Waals surface area contributed by atoms with Crippen molar-refractivity contribution in [1.82, 2.24) is 24.8 Å². The van der Waals surface area contributed by atoms with Crippen LogP contribution in [0, 0.1) is 11.6 Å². The highest BCUT2D eigenvalue weighted by molar-refractivity contribution is 5.93. The molecule has 0 bridgehead atoms. The molecule has 3 rings (SSSR count). The lowest BCUT2D eigenvalue weighted by molar-refractivity contribution is -0.136.